The monoisotopic (exact) mass is 278 g/mol. The van der Waals surface area contributed by atoms with Crippen LogP contribution in [0.1, 0.15) is 24.1 Å². The summed E-state index contributed by atoms with van der Waals surface area (Å²) in [5.74, 6) is 0.854. The summed E-state index contributed by atoms with van der Waals surface area (Å²) in [6.45, 7) is 2.63. The number of hydrogen-bond donors (Lipinski definition) is 1. The lowest BCUT2D eigenvalue weighted by Crippen LogP contribution is -2.12. The third-order valence-electron chi connectivity index (χ3n) is 3.58. The van der Waals surface area contributed by atoms with Crippen LogP contribution in [0.5, 0.6) is 5.75 Å². The van der Waals surface area contributed by atoms with Crippen LogP contribution in [0.25, 0.3) is 10.8 Å². The number of fused-ring (bicyclic) bond motifs is 1. The van der Waals surface area contributed by atoms with Crippen molar-refractivity contribution in [3.63, 3.8) is 0 Å². The smallest absolute Gasteiger partial charge is 0.119 e. The number of nitrogens with two attached hydrogens (primary N) is 1. The molecule has 2 aromatic carbocycles. The van der Waals surface area contributed by atoms with Gasteiger partial charge in [-0.15, -0.1) is 0 Å². The van der Waals surface area contributed by atoms with Gasteiger partial charge in [-0.3, -0.25) is 4.98 Å². The molecule has 1 unspecified atom stereocenters. The molecule has 0 radical (unpaired) electrons. The molecule has 1 atom stereocenters. The largest absolute Gasteiger partial charge is 0.494 e. The molecule has 0 bridgehead atoms. The Morgan fingerprint density at radius 1 is 1.14 bits per heavy atom. The highest BCUT2D eigenvalue weighted by Gasteiger charge is 2.12. The molecule has 3 heteroatoms. The molecule has 0 spiro atoms. The third kappa shape index (κ3) is 2.73. The van der Waals surface area contributed by atoms with E-state index in [2.05, 4.69) is 17.1 Å². The fraction of sp³-hybridized carbons (Fsp3) is 0.167. The topological polar surface area (TPSA) is 48.1 Å². The minimum absolute atomic E-state index is 0.184. The van der Waals surface area contributed by atoms with E-state index in [4.69, 9.17) is 10.5 Å². The van der Waals surface area contributed by atoms with Gasteiger partial charge in [0, 0.05) is 17.8 Å². The molecule has 3 aromatic rings. The van der Waals surface area contributed by atoms with Crippen LogP contribution >= 0.6 is 0 Å². The SMILES string of the molecule is CCOc1cccc(C(N)c2cccc3cnccc23)c1. The third-order valence-corrected chi connectivity index (χ3v) is 3.58. The number of pyridine rings is 1. The Bertz CT molecular complexity index is 750. The van der Waals surface area contributed by atoms with Gasteiger partial charge in [-0.25, -0.2) is 0 Å². The molecular formula is C18H18N2O. The Kier molecular flexibility index (Phi) is 3.84. The quantitative estimate of drug-likeness (QED) is 0.792. The number of nitrogens with zero attached hydrogens (tertiary/aromatic N) is 1. The van der Waals surface area contributed by atoms with Crippen molar-refractivity contribution in [3.8, 4) is 5.75 Å². The molecule has 1 heterocycles. The van der Waals surface area contributed by atoms with Crippen LogP contribution in [-0.4, -0.2) is 11.6 Å². The number of rotatable bonds is 4. The van der Waals surface area contributed by atoms with E-state index in [-0.39, 0.29) is 6.04 Å². The summed E-state index contributed by atoms with van der Waals surface area (Å²) in [5, 5.41) is 2.24. The second-order valence-electron chi connectivity index (χ2n) is 4.93. The zero-order valence-corrected chi connectivity index (χ0v) is 12.0. The number of ether oxygens (including phenoxy) is 1. The average Bonchev–Trinajstić information content (AvgIpc) is 2.54. The van der Waals surface area contributed by atoms with Gasteiger partial charge in [0.25, 0.3) is 0 Å². The van der Waals surface area contributed by atoms with Crippen molar-refractivity contribution >= 4 is 10.8 Å². The summed E-state index contributed by atoms with van der Waals surface area (Å²) in [5.41, 5.74) is 8.62. The summed E-state index contributed by atoms with van der Waals surface area (Å²) in [4.78, 5) is 4.16. The highest BCUT2D eigenvalue weighted by atomic mass is 16.5. The van der Waals surface area contributed by atoms with E-state index in [1.165, 1.54) is 0 Å². The van der Waals surface area contributed by atoms with Gasteiger partial charge in [-0.1, -0.05) is 30.3 Å². The zero-order chi connectivity index (χ0) is 14.7. The van der Waals surface area contributed by atoms with Crippen molar-refractivity contribution in [2.24, 2.45) is 5.73 Å². The molecule has 21 heavy (non-hydrogen) atoms. The van der Waals surface area contributed by atoms with Crippen LogP contribution in [0.3, 0.4) is 0 Å². The summed E-state index contributed by atoms with van der Waals surface area (Å²) in [6.07, 6.45) is 3.66. The molecule has 0 saturated heterocycles. The van der Waals surface area contributed by atoms with Gasteiger partial charge in [-0.2, -0.15) is 0 Å². The second-order valence-corrected chi connectivity index (χ2v) is 4.93. The maximum absolute atomic E-state index is 6.47. The van der Waals surface area contributed by atoms with Crippen LogP contribution in [0.15, 0.2) is 60.9 Å². The van der Waals surface area contributed by atoms with E-state index in [0.29, 0.717) is 6.61 Å². The normalized spacial score (nSPS) is 12.3. The Morgan fingerprint density at radius 3 is 2.86 bits per heavy atom. The van der Waals surface area contributed by atoms with Gasteiger partial charge >= 0.3 is 0 Å². The molecule has 2 N–H and O–H groups in total. The predicted octanol–water partition coefficient (Wildman–Crippen LogP) is 3.68. The maximum Gasteiger partial charge on any atom is 0.119 e. The summed E-state index contributed by atoms with van der Waals surface area (Å²) < 4.78 is 5.55. The van der Waals surface area contributed by atoms with Crippen LogP contribution in [0, 0.1) is 0 Å². The number of benzene rings is 2. The first-order valence-corrected chi connectivity index (χ1v) is 7.10. The van der Waals surface area contributed by atoms with E-state index in [9.17, 15) is 0 Å². The van der Waals surface area contributed by atoms with Gasteiger partial charge in [0.15, 0.2) is 0 Å². The Morgan fingerprint density at radius 2 is 2.00 bits per heavy atom. The van der Waals surface area contributed by atoms with E-state index >= 15 is 0 Å². The van der Waals surface area contributed by atoms with Gasteiger partial charge in [-0.05, 0) is 41.6 Å². The predicted molar refractivity (Wildman–Crippen MR) is 85.4 cm³/mol. The van der Waals surface area contributed by atoms with E-state index in [1.807, 2.05) is 49.5 Å². The van der Waals surface area contributed by atoms with Crippen LogP contribution < -0.4 is 10.5 Å². The van der Waals surface area contributed by atoms with Gasteiger partial charge in [0.2, 0.25) is 0 Å². The minimum atomic E-state index is -0.184. The van der Waals surface area contributed by atoms with E-state index in [0.717, 1.165) is 27.6 Å². The summed E-state index contributed by atoms with van der Waals surface area (Å²) in [6, 6.07) is 15.9. The fourth-order valence-corrected chi connectivity index (χ4v) is 2.56. The molecular weight excluding hydrogens is 260 g/mol. The molecule has 0 amide bonds. The van der Waals surface area contributed by atoms with Crippen molar-refractivity contribution < 1.29 is 4.74 Å². The minimum Gasteiger partial charge on any atom is -0.494 e. The van der Waals surface area contributed by atoms with Crippen LogP contribution in [0.2, 0.25) is 0 Å². The number of aromatic nitrogens is 1. The molecule has 0 saturated carbocycles. The first-order chi connectivity index (χ1) is 10.3. The van der Waals surface area contributed by atoms with E-state index in [1.54, 1.807) is 6.20 Å². The van der Waals surface area contributed by atoms with Crippen molar-refractivity contribution in [3.05, 3.63) is 72.1 Å². The molecule has 0 aliphatic carbocycles. The maximum atomic E-state index is 6.47. The fourth-order valence-electron chi connectivity index (χ4n) is 2.56. The summed E-state index contributed by atoms with van der Waals surface area (Å²) in [7, 11) is 0. The highest BCUT2D eigenvalue weighted by molar-refractivity contribution is 5.85. The number of hydrogen-bond acceptors (Lipinski definition) is 3. The van der Waals surface area contributed by atoms with Crippen molar-refractivity contribution in [2.75, 3.05) is 6.61 Å². The first kappa shape index (κ1) is 13.6. The second kappa shape index (κ2) is 5.94. The molecule has 0 fully saturated rings. The van der Waals surface area contributed by atoms with Crippen molar-refractivity contribution in [1.29, 1.82) is 0 Å². The Balaban J connectivity index is 2.04. The Hall–Kier alpha value is -2.39. The lowest BCUT2D eigenvalue weighted by atomic mass is 9.95. The standard InChI is InChI=1S/C18H18N2O/c1-2-21-15-7-3-5-13(11-15)18(19)17-8-4-6-14-12-20-10-9-16(14)17/h3-12,18H,2,19H2,1H3. The molecule has 106 valence electrons. The molecule has 1 aromatic heterocycles. The first-order valence-electron chi connectivity index (χ1n) is 7.10. The zero-order valence-electron chi connectivity index (χ0n) is 12.0. The Labute approximate surface area is 124 Å². The lowest BCUT2D eigenvalue weighted by Gasteiger charge is -2.16. The van der Waals surface area contributed by atoms with Gasteiger partial charge in [0.05, 0.1) is 12.6 Å². The average molecular weight is 278 g/mol. The van der Waals surface area contributed by atoms with Gasteiger partial charge in [0.1, 0.15) is 5.75 Å². The molecule has 3 rings (SSSR count). The molecule has 0 aliphatic rings. The van der Waals surface area contributed by atoms with Crippen molar-refractivity contribution in [2.45, 2.75) is 13.0 Å². The van der Waals surface area contributed by atoms with E-state index < -0.39 is 0 Å². The van der Waals surface area contributed by atoms with Crippen LogP contribution in [0.4, 0.5) is 0 Å². The summed E-state index contributed by atoms with van der Waals surface area (Å²) >= 11 is 0. The molecule has 0 aliphatic heterocycles. The van der Waals surface area contributed by atoms with Crippen molar-refractivity contribution in [1.82, 2.24) is 4.98 Å². The van der Waals surface area contributed by atoms with Gasteiger partial charge < -0.3 is 10.5 Å². The van der Waals surface area contributed by atoms with Crippen LogP contribution in [-0.2, 0) is 0 Å². The lowest BCUT2D eigenvalue weighted by molar-refractivity contribution is 0.340. The highest BCUT2D eigenvalue weighted by Crippen LogP contribution is 2.28. The molecule has 3 nitrogen and oxygen atoms in total.